The molecule has 0 amide bonds. The van der Waals surface area contributed by atoms with E-state index in [2.05, 4.69) is 116 Å². The molecule has 3 aromatic carbocycles. The van der Waals surface area contributed by atoms with Crippen LogP contribution in [0.25, 0.3) is 0 Å². The molecular weight excluding hydrogens is 539 g/mol. The molecule has 2 nitrogen and oxygen atoms in total. The van der Waals surface area contributed by atoms with Crippen molar-refractivity contribution in [3.05, 3.63) is 115 Å². The van der Waals surface area contributed by atoms with E-state index in [9.17, 15) is 10.2 Å². The average Bonchev–Trinajstić information content (AvgIpc) is 3.19. The molecule has 0 heterocycles. The van der Waals surface area contributed by atoms with Crippen molar-refractivity contribution in [2.75, 3.05) is 6.16 Å². The molecule has 0 aliphatic heterocycles. The molecule has 0 bridgehead atoms. The fourth-order valence-electron chi connectivity index (χ4n) is 5.78. The summed E-state index contributed by atoms with van der Waals surface area (Å²) in [6.45, 7) is 7.78. The highest BCUT2D eigenvalue weighted by atomic mass is 79.9. The van der Waals surface area contributed by atoms with Gasteiger partial charge in [0.05, 0.1) is 17.4 Å². The van der Waals surface area contributed by atoms with Crippen molar-refractivity contribution in [2.24, 2.45) is 11.8 Å². The Morgan fingerprint density at radius 1 is 0.892 bits per heavy atom. The molecule has 3 aromatic rings. The first kappa shape index (κ1) is 29.5. The normalized spacial score (nSPS) is 22.7. The predicted octanol–water partition coefficient (Wildman–Crippen LogP) is 3.04. The van der Waals surface area contributed by atoms with Gasteiger partial charge in [-0.3, -0.25) is 0 Å². The number of hydrogen-bond donors (Lipinski definition) is 2. The van der Waals surface area contributed by atoms with Crippen LogP contribution < -0.4 is 32.9 Å². The van der Waals surface area contributed by atoms with E-state index in [1.54, 1.807) is 0 Å². The summed E-state index contributed by atoms with van der Waals surface area (Å²) in [5.74, 6) is -0.0288. The molecule has 4 rings (SSSR count). The monoisotopic (exact) mass is 578 g/mol. The lowest BCUT2D eigenvalue weighted by atomic mass is 9.78. The fourth-order valence-corrected chi connectivity index (χ4v) is 9.91. The van der Waals surface area contributed by atoms with E-state index in [0.717, 1.165) is 12.6 Å². The Labute approximate surface area is 234 Å². The predicted molar refractivity (Wildman–Crippen MR) is 156 cm³/mol. The first-order chi connectivity index (χ1) is 17.1. The summed E-state index contributed by atoms with van der Waals surface area (Å²) in [6, 6.07) is 32.8. The minimum Gasteiger partial charge on any atom is -1.00 e. The lowest BCUT2D eigenvalue weighted by Gasteiger charge is -2.33. The Morgan fingerprint density at radius 2 is 1.32 bits per heavy atom. The highest BCUT2D eigenvalue weighted by Gasteiger charge is 2.48. The maximum Gasteiger partial charge on any atom is 0.115 e. The number of halogens is 1. The average molecular weight is 580 g/mol. The highest BCUT2D eigenvalue weighted by Crippen LogP contribution is 2.55. The van der Waals surface area contributed by atoms with Gasteiger partial charge in [-0.1, -0.05) is 72.3 Å². The Bertz CT molecular complexity index is 1080. The molecule has 3 atom stereocenters. The smallest absolute Gasteiger partial charge is 0.115 e. The van der Waals surface area contributed by atoms with Gasteiger partial charge in [0.2, 0.25) is 0 Å². The summed E-state index contributed by atoms with van der Waals surface area (Å²) in [5.41, 5.74) is -0.433. The van der Waals surface area contributed by atoms with Crippen molar-refractivity contribution in [3.63, 3.8) is 0 Å². The van der Waals surface area contributed by atoms with Crippen LogP contribution in [-0.4, -0.2) is 27.6 Å². The van der Waals surface area contributed by atoms with Gasteiger partial charge in [-0.25, -0.2) is 0 Å². The van der Waals surface area contributed by atoms with E-state index in [-0.39, 0.29) is 28.8 Å². The van der Waals surface area contributed by atoms with Crippen LogP contribution in [0.4, 0.5) is 0 Å². The lowest BCUT2D eigenvalue weighted by molar-refractivity contribution is -0.0294. The van der Waals surface area contributed by atoms with Gasteiger partial charge in [0.25, 0.3) is 0 Å². The molecule has 1 aliphatic rings. The summed E-state index contributed by atoms with van der Waals surface area (Å²) in [5, 5.41) is 25.9. The molecule has 1 saturated carbocycles. The maximum atomic E-state index is 11.0. The van der Waals surface area contributed by atoms with Gasteiger partial charge in [-0.05, 0) is 88.9 Å². The van der Waals surface area contributed by atoms with Crippen molar-refractivity contribution in [1.29, 1.82) is 0 Å². The zero-order valence-electron chi connectivity index (χ0n) is 22.4. The summed E-state index contributed by atoms with van der Waals surface area (Å²) >= 11 is 0. The SMILES string of the molecule is CC(C=CC1C(C(C)(C)O)CCC1(C)O)=CC[P+](c1ccccc1)(c1ccccc1)c1ccccc1.[Br-]. The quantitative estimate of drug-likeness (QED) is 0.319. The highest BCUT2D eigenvalue weighted by molar-refractivity contribution is 7.95. The van der Waals surface area contributed by atoms with Crippen LogP contribution in [0.3, 0.4) is 0 Å². The van der Waals surface area contributed by atoms with Gasteiger partial charge in [-0.15, -0.1) is 0 Å². The first-order valence-corrected chi connectivity index (χ1v) is 15.0. The third-order valence-electron chi connectivity index (χ3n) is 7.86. The van der Waals surface area contributed by atoms with E-state index in [0.29, 0.717) is 6.42 Å². The fraction of sp³-hybridized carbons (Fsp3) is 0.333. The van der Waals surface area contributed by atoms with Crippen LogP contribution in [0.15, 0.2) is 115 Å². The van der Waals surface area contributed by atoms with Gasteiger partial charge in [-0.2, -0.15) is 0 Å². The Balaban J connectivity index is 0.00000380. The van der Waals surface area contributed by atoms with Crippen molar-refractivity contribution in [2.45, 2.75) is 51.7 Å². The van der Waals surface area contributed by atoms with Crippen LogP contribution in [-0.2, 0) is 0 Å². The summed E-state index contributed by atoms with van der Waals surface area (Å²) < 4.78 is 0. The molecule has 1 aliphatic carbocycles. The van der Waals surface area contributed by atoms with Crippen LogP contribution in [0.1, 0.15) is 40.5 Å². The van der Waals surface area contributed by atoms with Crippen molar-refractivity contribution in [1.82, 2.24) is 0 Å². The molecule has 0 radical (unpaired) electrons. The number of allylic oxidation sites excluding steroid dienone is 3. The lowest BCUT2D eigenvalue weighted by Crippen LogP contribution is -3.00. The molecule has 0 spiro atoms. The number of rotatable bonds is 8. The second-order valence-electron chi connectivity index (χ2n) is 11.0. The topological polar surface area (TPSA) is 40.5 Å². The third kappa shape index (κ3) is 6.52. The third-order valence-corrected chi connectivity index (χ3v) is 12.1. The van der Waals surface area contributed by atoms with E-state index >= 15 is 0 Å². The molecule has 0 aromatic heterocycles. The van der Waals surface area contributed by atoms with Gasteiger partial charge >= 0.3 is 0 Å². The van der Waals surface area contributed by atoms with Crippen LogP contribution in [0.5, 0.6) is 0 Å². The van der Waals surface area contributed by atoms with Gasteiger partial charge in [0.15, 0.2) is 0 Å². The maximum absolute atomic E-state index is 11.0. The largest absolute Gasteiger partial charge is 1.00 e. The van der Waals surface area contributed by atoms with Gasteiger partial charge < -0.3 is 27.2 Å². The standard InChI is InChI=1S/C33H40O2P.BrH/c1-26(20-21-31-30(32(2,3)34)22-24-33(31,4)35)23-25-36(27-14-8-5-9-15-27,28-16-10-6-11-17-28)29-18-12-7-13-19-29;/h5-21,23,30-31,34-35H,22,24-25H2,1-4H3;1H/q+1;/p-1. The number of aliphatic hydroxyl groups is 2. The van der Waals surface area contributed by atoms with E-state index in [1.807, 2.05) is 20.8 Å². The number of hydrogen-bond acceptors (Lipinski definition) is 2. The second-order valence-corrected chi connectivity index (χ2v) is 14.5. The van der Waals surface area contributed by atoms with Crippen LogP contribution >= 0.6 is 7.26 Å². The molecular formula is C33H40BrO2P. The molecule has 3 unspecified atom stereocenters. The number of benzene rings is 3. The van der Waals surface area contributed by atoms with E-state index < -0.39 is 18.5 Å². The minimum atomic E-state index is -1.92. The van der Waals surface area contributed by atoms with E-state index in [4.69, 9.17) is 0 Å². The van der Waals surface area contributed by atoms with Crippen LogP contribution in [0, 0.1) is 11.8 Å². The zero-order valence-corrected chi connectivity index (χ0v) is 24.9. The molecule has 0 saturated heterocycles. The summed E-state index contributed by atoms with van der Waals surface area (Å²) in [6.07, 6.45) is 9.11. The Kier molecular flexibility index (Phi) is 9.75. The zero-order chi connectivity index (χ0) is 25.8. The Morgan fingerprint density at radius 3 is 1.73 bits per heavy atom. The van der Waals surface area contributed by atoms with Crippen LogP contribution in [0.2, 0.25) is 0 Å². The van der Waals surface area contributed by atoms with Crippen molar-refractivity contribution < 1.29 is 27.2 Å². The summed E-state index contributed by atoms with van der Waals surface area (Å²) in [4.78, 5) is 0. The molecule has 2 N–H and O–H groups in total. The second kappa shape index (κ2) is 12.2. The van der Waals surface area contributed by atoms with Gasteiger partial charge in [0.1, 0.15) is 23.2 Å². The molecule has 1 fully saturated rings. The Hall–Kier alpha value is -2.03. The first-order valence-electron chi connectivity index (χ1n) is 13.0. The van der Waals surface area contributed by atoms with E-state index in [1.165, 1.54) is 21.5 Å². The summed E-state index contributed by atoms with van der Waals surface area (Å²) in [7, 11) is -1.92. The molecule has 4 heteroatoms. The molecule has 37 heavy (non-hydrogen) atoms. The van der Waals surface area contributed by atoms with Crippen molar-refractivity contribution >= 4 is 23.2 Å². The van der Waals surface area contributed by atoms with Gasteiger partial charge in [0, 0.05) is 5.92 Å². The molecule has 196 valence electrons. The minimum absolute atomic E-state index is 0. The van der Waals surface area contributed by atoms with Crippen molar-refractivity contribution in [3.8, 4) is 0 Å².